The van der Waals surface area contributed by atoms with Gasteiger partial charge >= 0.3 is 5.97 Å². The Morgan fingerprint density at radius 2 is 1.95 bits per heavy atom. The zero-order valence-corrected chi connectivity index (χ0v) is 12.3. The van der Waals surface area contributed by atoms with Crippen LogP contribution in [-0.4, -0.2) is 5.97 Å². The van der Waals surface area contributed by atoms with Crippen molar-refractivity contribution in [3.63, 3.8) is 0 Å². The first-order valence-electron chi connectivity index (χ1n) is 5.08. The Morgan fingerprint density at radius 3 is 2.53 bits per heavy atom. The van der Waals surface area contributed by atoms with Gasteiger partial charge in [0.2, 0.25) is 0 Å². The molecule has 0 fully saturated rings. The maximum absolute atomic E-state index is 13.3. The number of rotatable bonds is 2. The molecule has 0 aliphatic rings. The van der Waals surface area contributed by atoms with Gasteiger partial charge in [-0.05, 0) is 17.7 Å². The van der Waals surface area contributed by atoms with Gasteiger partial charge < -0.3 is 4.74 Å². The molecule has 0 aromatic heterocycles. The fourth-order valence-electron chi connectivity index (χ4n) is 1.34. The van der Waals surface area contributed by atoms with Gasteiger partial charge in [-0.2, -0.15) is 35.6 Å². The van der Waals surface area contributed by atoms with Crippen LogP contribution >= 0.6 is 0 Å². The predicted molar refractivity (Wildman–Crippen MR) is 61.4 cm³/mol. The van der Waals surface area contributed by atoms with E-state index in [1.54, 1.807) is 30.3 Å². The van der Waals surface area contributed by atoms with Crippen LogP contribution in [0.2, 0.25) is 0 Å². The van der Waals surface area contributed by atoms with Crippen molar-refractivity contribution in [3.05, 3.63) is 65.5 Å². The molecule has 0 saturated carbocycles. The van der Waals surface area contributed by atoms with Gasteiger partial charge in [-0.1, -0.05) is 0 Å². The van der Waals surface area contributed by atoms with Crippen LogP contribution in [0.1, 0.15) is 15.9 Å². The van der Waals surface area contributed by atoms with Crippen LogP contribution < -0.4 is 4.74 Å². The third-order valence-electron chi connectivity index (χ3n) is 2.23. The maximum Gasteiger partial charge on any atom is 0.318 e. The van der Waals surface area contributed by atoms with Gasteiger partial charge in [0.05, 0.1) is 5.56 Å². The Kier molecular flexibility index (Phi) is 5.39. The average molecular weight is 426 g/mol. The summed E-state index contributed by atoms with van der Waals surface area (Å²) in [4.78, 5) is 11.7. The molecule has 0 aliphatic carbocycles. The molecule has 0 spiro atoms. The molecule has 0 aliphatic heterocycles. The summed E-state index contributed by atoms with van der Waals surface area (Å²) in [5.74, 6) is -1.25. The van der Waals surface area contributed by atoms with Gasteiger partial charge in [0, 0.05) is 26.5 Å². The van der Waals surface area contributed by atoms with Crippen molar-refractivity contribution in [3.8, 4) is 11.8 Å². The summed E-state index contributed by atoms with van der Waals surface area (Å²) in [6.45, 7) is 0. The fraction of sp³-hybridized carbons (Fsp3) is 0. The molecule has 3 nitrogen and oxygen atoms in total. The topological polar surface area (TPSA) is 50.1 Å². The number of hydrogen-bond acceptors (Lipinski definition) is 3. The summed E-state index contributed by atoms with van der Waals surface area (Å²) >= 11 is 0. The number of benzene rings is 2. The number of nitriles is 1. The van der Waals surface area contributed by atoms with E-state index in [1.165, 1.54) is 12.1 Å². The van der Waals surface area contributed by atoms with Gasteiger partial charge in [-0.15, -0.1) is 0 Å². The smallest absolute Gasteiger partial charge is 0.318 e. The van der Waals surface area contributed by atoms with Crippen LogP contribution in [0, 0.1) is 23.2 Å². The van der Waals surface area contributed by atoms with Gasteiger partial charge in [-0.3, -0.25) is 0 Å². The number of ether oxygens (including phenoxy) is 1. The third kappa shape index (κ3) is 3.72. The van der Waals surface area contributed by atoms with E-state index in [4.69, 9.17) is 10.00 Å². The monoisotopic (exact) mass is 427 g/mol. The standard InChI is InChI=1S/C14H7FNO2.Re/c15-13-8-12(7-6-11(13)9-16)18-14(17)10-4-2-1-3-5-10;/h2-8H;/q-1;. The Labute approximate surface area is 123 Å². The van der Waals surface area contributed by atoms with Crippen LogP contribution in [0.3, 0.4) is 0 Å². The Bertz CT molecular complexity index is 623. The van der Waals surface area contributed by atoms with Crippen molar-refractivity contribution in [1.29, 1.82) is 5.26 Å². The van der Waals surface area contributed by atoms with E-state index in [2.05, 4.69) is 6.07 Å². The number of halogens is 1. The molecule has 19 heavy (non-hydrogen) atoms. The minimum atomic E-state index is -0.718. The van der Waals surface area contributed by atoms with E-state index in [0.717, 1.165) is 6.07 Å². The molecule has 0 bridgehead atoms. The average Bonchev–Trinajstić information content (AvgIpc) is 2.40. The molecule has 95 valence electrons. The SMILES string of the molecule is N#Cc1ccc(OC(=O)c2cc[c-]cc2)cc1F.[Re]. The zero-order chi connectivity index (χ0) is 13.0. The molecular weight excluding hydrogens is 419 g/mol. The predicted octanol–water partition coefficient (Wildman–Crippen LogP) is 2.71. The second-order valence-corrected chi connectivity index (χ2v) is 3.43. The molecule has 0 atom stereocenters. The first-order valence-corrected chi connectivity index (χ1v) is 5.08. The zero-order valence-electron chi connectivity index (χ0n) is 9.56. The third-order valence-corrected chi connectivity index (χ3v) is 2.23. The molecule has 5 heteroatoms. The molecule has 2 aromatic rings. The Hall–Kier alpha value is -2.01. The largest absolute Gasteiger partial charge is 0.424 e. The molecule has 2 aromatic carbocycles. The Morgan fingerprint density at radius 1 is 1.26 bits per heavy atom. The van der Waals surface area contributed by atoms with Crippen molar-refractivity contribution < 1.29 is 34.3 Å². The van der Waals surface area contributed by atoms with Gasteiger partial charge in [0.15, 0.2) is 0 Å². The summed E-state index contributed by atoms with van der Waals surface area (Å²) in [7, 11) is 0. The molecule has 0 saturated heterocycles. The van der Waals surface area contributed by atoms with E-state index < -0.39 is 11.8 Å². The summed E-state index contributed by atoms with van der Waals surface area (Å²) in [5, 5.41) is 8.57. The van der Waals surface area contributed by atoms with Crippen LogP contribution in [0.25, 0.3) is 0 Å². The van der Waals surface area contributed by atoms with E-state index >= 15 is 0 Å². The van der Waals surface area contributed by atoms with Crippen molar-refractivity contribution in [2.75, 3.05) is 0 Å². The van der Waals surface area contributed by atoms with E-state index in [-0.39, 0.29) is 31.7 Å². The second kappa shape index (κ2) is 6.80. The summed E-state index contributed by atoms with van der Waals surface area (Å²) in [6.07, 6.45) is 0. The van der Waals surface area contributed by atoms with Crippen LogP contribution in [0.5, 0.6) is 5.75 Å². The first-order chi connectivity index (χ1) is 8.70. The maximum atomic E-state index is 13.3. The molecule has 0 amide bonds. The van der Waals surface area contributed by atoms with Crippen molar-refractivity contribution in [2.45, 2.75) is 0 Å². The van der Waals surface area contributed by atoms with Gasteiger partial charge in [0.1, 0.15) is 17.6 Å². The van der Waals surface area contributed by atoms with Crippen LogP contribution in [0.15, 0.2) is 42.5 Å². The number of esters is 1. The number of carbonyl (C=O) groups is 1. The Balaban J connectivity index is 0.00000180. The second-order valence-electron chi connectivity index (χ2n) is 3.43. The molecule has 0 unspecified atom stereocenters. The van der Waals surface area contributed by atoms with Crippen LogP contribution in [-0.2, 0) is 20.4 Å². The molecule has 0 heterocycles. The number of hydrogen-bond donors (Lipinski definition) is 0. The van der Waals surface area contributed by atoms with E-state index in [0.29, 0.717) is 5.56 Å². The minimum absolute atomic E-state index is 0. The van der Waals surface area contributed by atoms with Gasteiger partial charge in [0.25, 0.3) is 0 Å². The van der Waals surface area contributed by atoms with E-state index in [9.17, 15) is 9.18 Å². The van der Waals surface area contributed by atoms with Crippen molar-refractivity contribution in [2.24, 2.45) is 0 Å². The molecule has 0 N–H and O–H groups in total. The van der Waals surface area contributed by atoms with Crippen molar-refractivity contribution >= 4 is 5.97 Å². The van der Waals surface area contributed by atoms with Gasteiger partial charge in [-0.25, -0.2) is 9.18 Å². The fourth-order valence-corrected chi connectivity index (χ4v) is 1.34. The van der Waals surface area contributed by atoms with E-state index in [1.807, 2.05) is 0 Å². The molecule has 1 radical (unpaired) electrons. The molecular formula is C14H7FNO2Re-. The van der Waals surface area contributed by atoms with Crippen molar-refractivity contribution in [1.82, 2.24) is 0 Å². The summed E-state index contributed by atoms with van der Waals surface area (Å²) in [5.41, 5.74) is 0.252. The van der Waals surface area contributed by atoms with Crippen LogP contribution in [0.4, 0.5) is 4.39 Å². The summed E-state index contributed by atoms with van der Waals surface area (Å²) < 4.78 is 18.3. The normalized spacial score (nSPS) is 9.05. The minimum Gasteiger partial charge on any atom is -0.424 e. The number of carbonyl (C=O) groups excluding carboxylic acids is 1. The molecule has 2 rings (SSSR count). The first kappa shape index (κ1) is 15.1. The quantitative estimate of drug-likeness (QED) is 0.422. The number of nitrogens with zero attached hydrogens (tertiary/aromatic N) is 1. The summed E-state index contributed by atoms with van der Waals surface area (Å²) in [6, 6.07) is 14.3.